The Kier molecular flexibility index (Phi) is 4.66. The number of hydrogen-bond acceptors (Lipinski definition) is 4. The van der Waals surface area contributed by atoms with Crippen molar-refractivity contribution < 1.29 is 19.0 Å². The summed E-state index contributed by atoms with van der Waals surface area (Å²) in [7, 11) is 3.24. The smallest absolute Gasteiger partial charge is 0.310 e. The lowest BCUT2D eigenvalue weighted by atomic mass is 9.88. The van der Waals surface area contributed by atoms with Crippen LogP contribution < -0.4 is 9.47 Å². The van der Waals surface area contributed by atoms with Gasteiger partial charge in [-0.05, 0) is 48.6 Å². The minimum absolute atomic E-state index is 0.193. The summed E-state index contributed by atoms with van der Waals surface area (Å²) in [5.41, 5.74) is 3.25. The van der Waals surface area contributed by atoms with E-state index in [1.165, 1.54) is 5.56 Å². The molecule has 4 heteroatoms. The molecule has 0 spiro atoms. The average Bonchev–Trinajstić information content (AvgIpc) is 2.46. The van der Waals surface area contributed by atoms with Crippen molar-refractivity contribution in [1.82, 2.24) is 0 Å². The number of esters is 1. The Balaban J connectivity index is 2.32. The van der Waals surface area contributed by atoms with E-state index in [2.05, 4.69) is 6.08 Å². The zero-order chi connectivity index (χ0) is 14.5. The highest BCUT2D eigenvalue weighted by atomic mass is 16.5. The second kappa shape index (κ2) is 6.46. The van der Waals surface area contributed by atoms with Crippen molar-refractivity contribution in [3.05, 3.63) is 29.3 Å². The van der Waals surface area contributed by atoms with E-state index in [0.29, 0.717) is 18.8 Å². The first-order valence-corrected chi connectivity index (χ1v) is 6.79. The maximum Gasteiger partial charge on any atom is 0.310 e. The predicted octanol–water partition coefficient (Wildman–Crippen LogP) is 2.99. The molecule has 1 aromatic rings. The number of hydrogen-bond donors (Lipinski definition) is 0. The van der Waals surface area contributed by atoms with Crippen LogP contribution in [-0.2, 0) is 16.0 Å². The Morgan fingerprint density at radius 1 is 1.20 bits per heavy atom. The number of benzene rings is 1. The van der Waals surface area contributed by atoms with Crippen LogP contribution in [0.3, 0.4) is 0 Å². The standard InChI is InChI=1S/C16H20O4/c1-4-20-16(17)9-12-7-5-6-11-8-14(18-2)15(19-3)10-13(11)12/h7-8,10H,4-6,9H2,1-3H3. The van der Waals surface area contributed by atoms with Gasteiger partial charge in [0.15, 0.2) is 11.5 Å². The summed E-state index contributed by atoms with van der Waals surface area (Å²) in [6.07, 6.45) is 4.28. The van der Waals surface area contributed by atoms with Crippen molar-refractivity contribution in [1.29, 1.82) is 0 Å². The number of allylic oxidation sites excluding steroid dienone is 1. The van der Waals surface area contributed by atoms with E-state index < -0.39 is 0 Å². The number of rotatable bonds is 5. The normalized spacial score (nSPS) is 13.2. The third-order valence-electron chi connectivity index (χ3n) is 3.40. The lowest BCUT2D eigenvalue weighted by molar-refractivity contribution is -0.141. The van der Waals surface area contributed by atoms with Gasteiger partial charge in [-0.15, -0.1) is 0 Å². The highest BCUT2D eigenvalue weighted by molar-refractivity contribution is 5.87. The van der Waals surface area contributed by atoms with Gasteiger partial charge in [-0.3, -0.25) is 4.79 Å². The Morgan fingerprint density at radius 3 is 2.55 bits per heavy atom. The molecule has 0 atom stereocenters. The highest BCUT2D eigenvalue weighted by Crippen LogP contribution is 2.37. The van der Waals surface area contributed by atoms with Crippen molar-refractivity contribution in [2.75, 3.05) is 20.8 Å². The molecule has 1 aromatic carbocycles. The van der Waals surface area contributed by atoms with Gasteiger partial charge in [0.2, 0.25) is 0 Å². The molecular formula is C16H20O4. The summed E-state index contributed by atoms with van der Waals surface area (Å²) in [4.78, 5) is 11.7. The first kappa shape index (κ1) is 14.4. The number of carbonyl (C=O) groups is 1. The van der Waals surface area contributed by atoms with E-state index in [1.807, 2.05) is 19.1 Å². The molecule has 4 nitrogen and oxygen atoms in total. The van der Waals surface area contributed by atoms with Gasteiger partial charge in [0.1, 0.15) is 0 Å². The van der Waals surface area contributed by atoms with Gasteiger partial charge in [0.05, 0.1) is 27.2 Å². The molecule has 0 aromatic heterocycles. The lowest BCUT2D eigenvalue weighted by Gasteiger charge is -2.20. The van der Waals surface area contributed by atoms with Crippen molar-refractivity contribution in [2.45, 2.75) is 26.2 Å². The largest absolute Gasteiger partial charge is 0.493 e. The molecule has 0 N–H and O–H groups in total. The topological polar surface area (TPSA) is 44.8 Å². The average molecular weight is 276 g/mol. The summed E-state index contributed by atoms with van der Waals surface area (Å²) >= 11 is 0. The molecule has 0 bridgehead atoms. The molecule has 0 radical (unpaired) electrons. The molecule has 2 rings (SSSR count). The molecule has 20 heavy (non-hydrogen) atoms. The number of ether oxygens (including phenoxy) is 3. The van der Waals surface area contributed by atoms with Crippen LogP contribution >= 0.6 is 0 Å². The number of fused-ring (bicyclic) bond motifs is 1. The molecule has 0 aliphatic heterocycles. The fraction of sp³-hybridized carbons (Fsp3) is 0.438. The first-order valence-electron chi connectivity index (χ1n) is 6.79. The Hall–Kier alpha value is -1.97. The molecule has 108 valence electrons. The minimum atomic E-state index is -0.193. The van der Waals surface area contributed by atoms with Gasteiger partial charge in [0.25, 0.3) is 0 Å². The summed E-state index contributed by atoms with van der Waals surface area (Å²) < 4.78 is 15.7. The molecule has 0 saturated carbocycles. The van der Waals surface area contributed by atoms with Gasteiger partial charge >= 0.3 is 5.97 Å². The summed E-state index contributed by atoms with van der Waals surface area (Å²) in [5.74, 6) is 1.22. The van der Waals surface area contributed by atoms with Crippen LogP contribution in [0, 0.1) is 0 Å². The second-order valence-electron chi connectivity index (χ2n) is 4.61. The fourth-order valence-electron chi connectivity index (χ4n) is 2.47. The second-order valence-corrected chi connectivity index (χ2v) is 4.61. The van der Waals surface area contributed by atoms with Crippen LogP contribution in [0.25, 0.3) is 5.57 Å². The monoisotopic (exact) mass is 276 g/mol. The summed E-state index contributed by atoms with van der Waals surface area (Å²) in [6.45, 7) is 2.22. The van der Waals surface area contributed by atoms with Crippen molar-refractivity contribution >= 4 is 11.5 Å². The summed E-state index contributed by atoms with van der Waals surface area (Å²) in [6, 6.07) is 3.94. The predicted molar refractivity (Wildman–Crippen MR) is 77.1 cm³/mol. The van der Waals surface area contributed by atoms with Crippen molar-refractivity contribution in [2.24, 2.45) is 0 Å². The van der Waals surface area contributed by atoms with E-state index in [-0.39, 0.29) is 5.97 Å². The van der Waals surface area contributed by atoms with Crippen molar-refractivity contribution in [3.8, 4) is 11.5 Å². The van der Waals surface area contributed by atoms with E-state index in [1.54, 1.807) is 14.2 Å². The fourth-order valence-corrected chi connectivity index (χ4v) is 2.47. The zero-order valence-electron chi connectivity index (χ0n) is 12.2. The van der Waals surface area contributed by atoms with Crippen LogP contribution in [0.2, 0.25) is 0 Å². The van der Waals surface area contributed by atoms with Gasteiger partial charge in [0, 0.05) is 0 Å². The van der Waals surface area contributed by atoms with Crippen LogP contribution in [-0.4, -0.2) is 26.8 Å². The molecule has 0 saturated heterocycles. The zero-order valence-corrected chi connectivity index (χ0v) is 12.2. The third kappa shape index (κ3) is 2.95. The molecule has 1 aliphatic carbocycles. The third-order valence-corrected chi connectivity index (χ3v) is 3.40. The van der Waals surface area contributed by atoms with Crippen LogP contribution in [0.15, 0.2) is 18.2 Å². The molecule has 0 fully saturated rings. The molecular weight excluding hydrogens is 256 g/mol. The molecule has 0 heterocycles. The van der Waals surface area contributed by atoms with Gasteiger partial charge in [-0.25, -0.2) is 0 Å². The summed E-state index contributed by atoms with van der Waals surface area (Å²) in [5, 5.41) is 0. The lowest BCUT2D eigenvalue weighted by Crippen LogP contribution is -2.08. The Labute approximate surface area is 119 Å². The molecule has 0 unspecified atom stereocenters. The van der Waals surface area contributed by atoms with E-state index in [4.69, 9.17) is 14.2 Å². The first-order chi connectivity index (χ1) is 9.69. The quantitative estimate of drug-likeness (QED) is 0.776. The Bertz CT molecular complexity index is 532. The van der Waals surface area contributed by atoms with E-state index in [9.17, 15) is 4.79 Å². The van der Waals surface area contributed by atoms with Crippen LogP contribution in [0.5, 0.6) is 11.5 Å². The molecule has 0 amide bonds. The Morgan fingerprint density at radius 2 is 1.90 bits per heavy atom. The van der Waals surface area contributed by atoms with Gasteiger partial charge in [-0.1, -0.05) is 6.08 Å². The minimum Gasteiger partial charge on any atom is -0.493 e. The number of methoxy groups -OCH3 is 2. The molecule has 1 aliphatic rings. The van der Waals surface area contributed by atoms with E-state index in [0.717, 1.165) is 29.7 Å². The number of aryl methyl sites for hydroxylation is 1. The van der Waals surface area contributed by atoms with Crippen molar-refractivity contribution in [3.63, 3.8) is 0 Å². The maximum atomic E-state index is 11.7. The highest BCUT2D eigenvalue weighted by Gasteiger charge is 2.19. The van der Waals surface area contributed by atoms with Crippen LogP contribution in [0.1, 0.15) is 30.9 Å². The van der Waals surface area contributed by atoms with Gasteiger partial charge in [-0.2, -0.15) is 0 Å². The van der Waals surface area contributed by atoms with Gasteiger partial charge < -0.3 is 14.2 Å². The maximum absolute atomic E-state index is 11.7. The SMILES string of the molecule is CCOC(=O)CC1=CCCc2cc(OC)c(OC)cc21. The number of carbonyl (C=O) groups excluding carboxylic acids is 1. The van der Waals surface area contributed by atoms with Crippen LogP contribution in [0.4, 0.5) is 0 Å². The van der Waals surface area contributed by atoms with E-state index >= 15 is 0 Å².